The molecule has 1 aliphatic rings. The van der Waals surface area contributed by atoms with Crippen LogP contribution in [0.5, 0.6) is 0 Å². The Kier molecular flexibility index (Phi) is 4.99. The molecule has 4 heteroatoms. The van der Waals surface area contributed by atoms with Gasteiger partial charge >= 0.3 is 0 Å². The Balaban J connectivity index is 1.68. The van der Waals surface area contributed by atoms with Crippen LogP contribution in [-0.2, 0) is 17.9 Å². The summed E-state index contributed by atoms with van der Waals surface area (Å²) in [5.74, 6) is 1.58. The first-order valence-electron chi connectivity index (χ1n) is 7.30. The van der Waals surface area contributed by atoms with Gasteiger partial charge in [-0.2, -0.15) is 0 Å². The lowest BCUT2D eigenvalue weighted by Crippen LogP contribution is -2.35. The summed E-state index contributed by atoms with van der Waals surface area (Å²) in [7, 11) is 0. The van der Waals surface area contributed by atoms with E-state index in [4.69, 9.17) is 9.26 Å². The molecule has 0 unspecified atom stereocenters. The van der Waals surface area contributed by atoms with Gasteiger partial charge in [-0.1, -0.05) is 18.0 Å². The van der Waals surface area contributed by atoms with E-state index in [1.807, 2.05) is 6.07 Å². The van der Waals surface area contributed by atoms with Gasteiger partial charge in [0.15, 0.2) is 5.76 Å². The van der Waals surface area contributed by atoms with E-state index in [0.717, 1.165) is 30.5 Å². The van der Waals surface area contributed by atoms with Crippen LogP contribution in [0, 0.1) is 5.92 Å². The van der Waals surface area contributed by atoms with Crippen LogP contribution >= 0.6 is 0 Å². The fourth-order valence-corrected chi connectivity index (χ4v) is 2.37. The molecule has 1 N–H and O–H groups in total. The van der Waals surface area contributed by atoms with E-state index in [9.17, 15) is 0 Å². The van der Waals surface area contributed by atoms with E-state index in [2.05, 4.69) is 31.2 Å². The summed E-state index contributed by atoms with van der Waals surface area (Å²) in [6, 6.07) is 1.98. The van der Waals surface area contributed by atoms with Gasteiger partial charge in [0, 0.05) is 24.8 Å². The van der Waals surface area contributed by atoms with Gasteiger partial charge < -0.3 is 14.6 Å². The number of hydrogen-bond acceptors (Lipinski definition) is 4. The molecule has 0 amide bonds. The van der Waals surface area contributed by atoms with E-state index in [1.54, 1.807) is 0 Å². The zero-order chi connectivity index (χ0) is 13.7. The van der Waals surface area contributed by atoms with Crippen LogP contribution in [0.2, 0.25) is 0 Å². The van der Waals surface area contributed by atoms with Gasteiger partial charge in [0.1, 0.15) is 6.61 Å². The van der Waals surface area contributed by atoms with Crippen molar-refractivity contribution in [3.63, 3.8) is 0 Å². The number of nitrogens with one attached hydrogen (secondary N) is 1. The molecule has 0 aromatic carbocycles. The minimum Gasteiger partial charge on any atom is -0.373 e. The first-order chi connectivity index (χ1) is 9.03. The third-order valence-electron chi connectivity index (χ3n) is 3.48. The number of aromatic nitrogens is 1. The molecule has 0 spiro atoms. The first kappa shape index (κ1) is 14.5. The zero-order valence-corrected chi connectivity index (χ0v) is 12.4. The van der Waals surface area contributed by atoms with Crippen LogP contribution in [-0.4, -0.2) is 17.3 Å². The van der Waals surface area contributed by atoms with Crippen molar-refractivity contribution in [2.24, 2.45) is 5.92 Å². The van der Waals surface area contributed by atoms with Gasteiger partial charge in [0.2, 0.25) is 0 Å². The summed E-state index contributed by atoms with van der Waals surface area (Å²) in [5.41, 5.74) is 1.03. The first-order valence-corrected chi connectivity index (χ1v) is 7.30. The quantitative estimate of drug-likeness (QED) is 0.858. The van der Waals surface area contributed by atoms with Crippen molar-refractivity contribution in [3.8, 4) is 0 Å². The second-order valence-electron chi connectivity index (χ2n) is 6.55. The standard InChI is InChI=1S/C15H26N2O2/c1-15(2,3)16-9-13-8-14(19-17-13)11-18-10-12-6-4-5-7-12/h8,12,16H,4-7,9-11H2,1-3H3. The fraction of sp³-hybridized carbons (Fsp3) is 0.800. The van der Waals surface area contributed by atoms with Gasteiger partial charge in [-0.3, -0.25) is 0 Å². The number of hydrogen-bond donors (Lipinski definition) is 1. The molecule has 0 bridgehead atoms. The van der Waals surface area contributed by atoms with E-state index in [1.165, 1.54) is 25.7 Å². The van der Waals surface area contributed by atoms with Crippen molar-refractivity contribution in [1.29, 1.82) is 0 Å². The van der Waals surface area contributed by atoms with Crippen molar-refractivity contribution in [3.05, 3.63) is 17.5 Å². The Bertz CT molecular complexity index is 376. The predicted molar refractivity (Wildman–Crippen MR) is 74.7 cm³/mol. The van der Waals surface area contributed by atoms with Crippen molar-refractivity contribution in [1.82, 2.24) is 10.5 Å². The van der Waals surface area contributed by atoms with Gasteiger partial charge in [0.05, 0.1) is 5.69 Å². The lowest BCUT2D eigenvalue weighted by molar-refractivity contribution is 0.0734. The molecule has 1 fully saturated rings. The summed E-state index contributed by atoms with van der Waals surface area (Å²) in [6.07, 6.45) is 5.35. The Labute approximate surface area is 115 Å². The third kappa shape index (κ3) is 5.33. The molecule has 1 aliphatic carbocycles. The van der Waals surface area contributed by atoms with Gasteiger partial charge in [-0.15, -0.1) is 0 Å². The monoisotopic (exact) mass is 266 g/mol. The molecular weight excluding hydrogens is 240 g/mol. The highest BCUT2D eigenvalue weighted by molar-refractivity contribution is 5.04. The lowest BCUT2D eigenvalue weighted by atomic mass is 10.1. The highest BCUT2D eigenvalue weighted by atomic mass is 16.5. The second kappa shape index (κ2) is 6.53. The Morgan fingerprint density at radius 3 is 2.79 bits per heavy atom. The predicted octanol–water partition coefficient (Wildman–Crippen LogP) is 3.27. The van der Waals surface area contributed by atoms with E-state index >= 15 is 0 Å². The molecule has 19 heavy (non-hydrogen) atoms. The summed E-state index contributed by atoms with van der Waals surface area (Å²) in [4.78, 5) is 0. The van der Waals surface area contributed by atoms with Gasteiger partial charge in [-0.25, -0.2) is 0 Å². The zero-order valence-electron chi connectivity index (χ0n) is 12.4. The molecule has 2 rings (SSSR count). The number of rotatable bonds is 6. The number of ether oxygens (including phenoxy) is 1. The molecular formula is C15H26N2O2. The molecule has 1 heterocycles. The second-order valence-corrected chi connectivity index (χ2v) is 6.55. The maximum atomic E-state index is 5.71. The Morgan fingerprint density at radius 2 is 2.11 bits per heavy atom. The van der Waals surface area contributed by atoms with Crippen LogP contribution in [0.1, 0.15) is 57.9 Å². The molecule has 0 aliphatic heterocycles. The highest BCUT2D eigenvalue weighted by Gasteiger charge is 2.15. The topological polar surface area (TPSA) is 47.3 Å². The SMILES string of the molecule is CC(C)(C)NCc1cc(COCC2CCCC2)on1. The summed E-state index contributed by atoms with van der Waals surface area (Å²) in [6.45, 7) is 8.54. The Morgan fingerprint density at radius 1 is 1.37 bits per heavy atom. The van der Waals surface area contributed by atoms with Crippen LogP contribution in [0.3, 0.4) is 0 Å². The van der Waals surface area contributed by atoms with Crippen molar-refractivity contribution < 1.29 is 9.26 Å². The van der Waals surface area contributed by atoms with Crippen molar-refractivity contribution >= 4 is 0 Å². The van der Waals surface area contributed by atoms with E-state index in [0.29, 0.717) is 6.61 Å². The van der Waals surface area contributed by atoms with Crippen molar-refractivity contribution in [2.75, 3.05) is 6.61 Å². The largest absolute Gasteiger partial charge is 0.373 e. The van der Waals surface area contributed by atoms with Gasteiger partial charge in [-0.05, 0) is 39.5 Å². The molecule has 4 nitrogen and oxygen atoms in total. The van der Waals surface area contributed by atoms with Crippen molar-refractivity contribution in [2.45, 2.75) is 65.1 Å². The average molecular weight is 266 g/mol. The van der Waals surface area contributed by atoms with Crippen LogP contribution < -0.4 is 5.32 Å². The average Bonchev–Trinajstić information content (AvgIpc) is 2.97. The summed E-state index contributed by atoms with van der Waals surface area (Å²) < 4.78 is 11.0. The lowest BCUT2D eigenvalue weighted by Gasteiger charge is -2.19. The molecule has 108 valence electrons. The van der Waals surface area contributed by atoms with Crippen LogP contribution in [0.4, 0.5) is 0 Å². The maximum Gasteiger partial charge on any atom is 0.162 e. The minimum absolute atomic E-state index is 0.0953. The molecule has 0 atom stereocenters. The summed E-state index contributed by atoms with van der Waals surface area (Å²) in [5, 5.41) is 7.44. The van der Waals surface area contributed by atoms with Crippen LogP contribution in [0.15, 0.2) is 10.6 Å². The molecule has 1 aromatic heterocycles. The van der Waals surface area contributed by atoms with Gasteiger partial charge in [0.25, 0.3) is 0 Å². The highest BCUT2D eigenvalue weighted by Crippen LogP contribution is 2.25. The summed E-state index contributed by atoms with van der Waals surface area (Å²) >= 11 is 0. The van der Waals surface area contributed by atoms with Crippen LogP contribution in [0.25, 0.3) is 0 Å². The molecule has 1 aromatic rings. The minimum atomic E-state index is 0.0953. The maximum absolute atomic E-state index is 5.71. The molecule has 0 radical (unpaired) electrons. The number of nitrogens with zero attached hydrogens (tertiary/aromatic N) is 1. The molecule has 0 saturated heterocycles. The molecule has 1 saturated carbocycles. The normalized spacial score (nSPS) is 17.2. The van der Waals surface area contributed by atoms with E-state index in [-0.39, 0.29) is 5.54 Å². The fourth-order valence-electron chi connectivity index (χ4n) is 2.37. The third-order valence-corrected chi connectivity index (χ3v) is 3.48. The Hall–Kier alpha value is -0.870. The smallest absolute Gasteiger partial charge is 0.162 e. The van der Waals surface area contributed by atoms with E-state index < -0.39 is 0 Å².